The van der Waals surface area contributed by atoms with Crippen LogP contribution in [-0.4, -0.2) is 47.9 Å². The van der Waals surface area contributed by atoms with Crippen LogP contribution in [0.2, 0.25) is 0 Å². The summed E-state index contributed by atoms with van der Waals surface area (Å²) >= 11 is 0. The number of benzene rings is 2. The summed E-state index contributed by atoms with van der Waals surface area (Å²) in [4.78, 5) is 28.9. The van der Waals surface area contributed by atoms with E-state index in [9.17, 15) is 9.59 Å². The molecule has 2 amide bonds. The lowest BCUT2D eigenvalue weighted by molar-refractivity contribution is -0.128. The summed E-state index contributed by atoms with van der Waals surface area (Å²) in [6.45, 7) is 9.89. The topological polar surface area (TPSA) is 59.1 Å². The van der Waals surface area contributed by atoms with Gasteiger partial charge in [-0.3, -0.25) is 9.59 Å². The van der Waals surface area contributed by atoms with Gasteiger partial charge in [0.25, 0.3) is 5.91 Å². The molecule has 0 N–H and O–H groups in total. The summed E-state index contributed by atoms with van der Waals surface area (Å²) in [6.07, 6.45) is 3.37. The third kappa shape index (κ3) is 6.73. The van der Waals surface area contributed by atoms with Gasteiger partial charge < -0.3 is 19.3 Å². The molecule has 2 aromatic rings. The summed E-state index contributed by atoms with van der Waals surface area (Å²) in [6, 6.07) is 13.5. The molecule has 0 unspecified atom stereocenters. The standard InChI is InChI=1S/C27H36N2O4/c1-4-15-29(20-22-11-14-24(33-17-5-2)25(18-22)32-6-3)27(31)23-12-9-21(10-13-23)19-28-16-7-8-26(28)30/h9-14,18H,4-8,15-17,19-20H2,1-3H3. The largest absolute Gasteiger partial charge is 0.490 e. The van der Waals surface area contributed by atoms with E-state index < -0.39 is 0 Å². The molecule has 6 nitrogen and oxygen atoms in total. The van der Waals surface area contributed by atoms with Gasteiger partial charge in [-0.05, 0) is 61.6 Å². The fourth-order valence-electron chi connectivity index (χ4n) is 4.02. The van der Waals surface area contributed by atoms with Crippen molar-refractivity contribution in [3.05, 3.63) is 59.2 Å². The van der Waals surface area contributed by atoms with Crippen molar-refractivity contribution >= 4 is 11.8 Å². The Labute approximate surface area is 197 Å². The molecule has 0 bridgehead atoms. The molecule has 0 saturated carbocycles. The first kappa shape index (κ1) is 24.6. The number of ether oxygens (including phenoxy) is 2. The molecule has 0 atom stereocenters. The second-order valence-electron chi connectivity index (χ2n) is 8.41. The Morgan fingerprint density at radius 2 is 1.73 bits per heavy atom. The lowest BCUT2D eigenvalue weighted by atomic mass is 10.1. The van der Waals surface area contributed by atoms with Crippen molar-refractivity contribution in [3.63, 3.8) is 0 Å². The van der Waals surface area contributed by atoms with Crippen LogP contribution in [0.1, 0.15) is 67.9 Å². The summed E-state index contributed by atoms with van der Waals surface area (Å²) < 4.78 is 11.6. The van der Waals surface area contributed by atoms with E-state index in [0.717, 1.165) is 42.7 Å². The van der Waals surface area contributed by atoms with Gasteiger partial charge in [-0.15, -0.1) is 0 Å². The first-order valence-electron chi connectivity index (χ1n) is 12.1. The highest BCUT2D eigenvalue weighted by Crippen LogP contribution is 2.29. The minimum atomic E-state index is 0.00455. The Hall–Kier alpha value is -3.02. The first-order valence-corrected chi connectivity index (χ1v) is 12.1. The lowest BCUT2D eigenvalue weighted by Gasteiger charge is -2.23. The van der Waals surface area contributed by atoms with Crippen LogP contribution in [0.4, 0.5) is 0 Å². The number of rotatable bonds is 12. The molecule has 0 aromatic heterocycles. The first-order chi connectivity index (χ1) is 16.0. The predicted octanol–water partition coefficient (Wildman–Crippen LogP) is 5.05. The molecule has 2 aromatic carbocycles. The number of likely N-dealkylation sites (tertiary alicyclic amines) is 1. The average Bonchev–Trinajstić information content (AvgIpc) is 3.22. The van der Waals surface area contributed by atoms with Gasteiger partial charge in [-0.25, -0.2) is 0 Å². The minimum Gasteiger partial charge on any atom is -0.490 e. The highest BCUT2D eigenvalue weighted by Gasteiger charge is 2.21. The Morgan fingerprint density at radius 3 is 2.36 bits per heavy atom. The molecular formula is C27H36N2O4. The number of hydrogen-bond donors (Lipinski definition) is 0. The fourth-order valence-corrected chi connectivity index (χ4v) is 4.02. The van der Waals surface area contributed by atoms with Crippen molar-refractivity contribution in [1.29, 1.82) is 0 Å². The lowest BCUT2D eigenvalue weighted by Crippen LogP contribution is -2.31. The molecule has 1 saturated heterocycles. The van der Waals surface area contributed by atoms with Crippen LogP contribution in [0, 0.1) is 0 Å². The number of hydrogen-bond acceptors (Lipinski definition) is 4. The zero-order valence-electron chi connectivity index (χ0n) is 20.1. The quantitative estimate of drug-likeness (QED) is 0.452. The van der Waals surface area contributed by atoms with E-state index in [2.05, 4.69) is 13.8 Å². The van der Waals surface area contributed by atoms with Crippen molar-refractivity contribution in [2.75, 3.05) is 26.3 Å². The minimum absolute atomic E-state index is 0.00455. The smallest absolute Gasteiger partial charge is 0.254 e. The van der Waals surface area contributed by atoms with Crippen LogP contribution in [0.15, 0.2) is 42.5 Å². The van der Waals surface area contributed by atoms with E-state index in [1.54, 1.807) is 0 Å². The number of nitrogens with zero attached hydrogens (tertiary/aromatic N) is 2. The zero-order chi connectivity index (χ0) is 23.6. The maximum Gasteiger partial charge on any atom is 0.254 e. The van der Waals surface area contributed by atoms with Crippen LogP contribution < -0.4 is 9.47 Å². The zero-order valence-corrected chi connectivity index (χ0v) is 20.1. The molecule has 1 heterocycles. The van der Waals surface area contributed by atoms with Crippen molar-refractivity contribution < 1.29 is 19.1 Å². The van der Waals surface area contributed by atoms with Crippen molar-refractivity contribution in [3.8, 4) is 11.5 Å². The Bertz CT molecular complexity index is 926. The van der Waals surface area contributed by atoms with Crippen molar-refractivity contribution in [2.45, 2.75) is 59.5 Å². The molecule has 1 aliphatic heterocycles. The van der Waals surface area contributed by atoms with Gasteiger partial charge in [-0.2, -0.15) is 0 Å². The summed E-state index contributed by atoms with van der Waals surface area (Å²) in [5.74, 6) is 1.67. The van der Waals surface area contributed by atoms with E-state index in [1.165, 1.54) is 0 Å². The van der Waals surface area contributed by atoms with Crippen molar-refractivity contribution in [1.82, 2.24) is 9.80 Å². The molecule has 1 fully saturated rings. The monoisotopic (exact) mass is 452 g/mol. The van der Waals surface area contributed by atoms with Crippen LogP contribution in [0.3, 0.4) is 0 Å². The van der Waals surface area contributed by atoms with Crippen LogP contribution >= 0.6 is 0 Å². The Balaban J connectivity index is 1.70. The molecule has 0 radical (unpaired) electrons. The molecule has 3 rings (SSSR count). The van der Waals surface area contributed by atoms with E-state index in [-0.39, 0.29) is 11.8 Å². The van der Waals surface area contributed by atoms with Gasteiger partial charge >= 0.3 is 0 Å². The van der Waals surface area contributed by atoms with E-state index in [4.69, 9.17) is 9.47 Å². The predicted molar refractivity (Wildman–Crippen MR) is 130 cm³/mol. The maximum absolute atomic E-state index is 13.3. The summed E-state index contributed by atoms with van der Waals surface area (Å²) in [5, 5.41) is 0. The second kappa shape index (κ2) is 12.3. The third-order valence-corrected chi connectivity index (χ3v) is 5.67. The molecule has 0 spiro atoms. The molecule has 1 aliphatic rings. The van der Waals surface area contributed by atoms with Gasteiger partial charge in [0, 0.05) is 38.2 Å². The van der Waals surface area contributed by atoms with Gasteiger partial charge in [0.2, 0.25) is 5.91 Å². The number of carbonyl (C=O) groups is 2. The third-order valence-electron chi connectivity index (χ3n) is 5.67. The van der Waals surface area contributed by atoms with Gasteiger partial charge in [0.15, 0.2) is 11.5 Å². The SMILES string of the molecule is CCCOc1ccc(CN(CCC)C(=O)c2ccc(CN3CCCC3=O)cc2)cc1OCC. The molecule has 6 heteroatoms. The highest BCUT2D eigenvalue weighted by atomic mass is 16.5. The maximum atomic E-state index is 13.3. The summed E-state index contributed by atoms with van der Waals surface area (Å²) in [7, 11) is 0. The van der Waals surface area contributed by atoms with Crippen LogP contribution in [0.25, 0.3) is 0 Å². The van der Waals surface area contributed by atoms with Gasteiger partial charge in [-0.1, -0.05) is 32.0 Å². The Morgan fingerprint density at radius 1 is 0.970 bits per heavy atom. The molecule has 33 heavy (non-hydrogen) atoms. The number of amides is 2. The fraction of sp³-hybridized carbons (Fsp3) is 0.481. The summed E-state index contributed by atoms with van der Waals surface area (Å²) in [5.41, 5.74) is 2.72. The van der Waals surface area contributed by atoms with Crippen LogP contribution in [0.5, 0.6) is 11.5 Å². The molecule has 0 aliphatic carbocycles. The second-order valence-corrected chi connectivity index (χ2v) is 8.41. The molecular weight excluding hydrogens is 416 g/mol. The van der Waals surface area contributed by atoms with Crippen LogP contribution in [-0.2, 0) is 17.9 Å². The average molecular weight is 453 g/mol. The normalized spacial score (nSPS) is 13.3. The Kier molecular flexibility index (Phi) is 9.16. The van der Waals surface area contributed by atoms with E-state index in [1.807, 2.05) is 59.2 Å². The van der Waals surface area contributed by atoms with Crippen molar-refractivity contribution in [2.24, 2.45) is 0 Å². The van der Waals surface area contributed by atoms with Gasteiger partial charge in [0.05, 0.1) is 13.2 Å². The highest BCUT2D eigenvalue weighted by molar-refractivity contribution is 5.94. The molecule has 178 valence electrons. The van der Waals surface area contributed by atoms with E-state index >= 15 is 0 Å². The van der Waals surface area contributed by atoms with E-state index in [0.29, 0.717) is 50.6 Å². The number of carbonyl (C=O) groups excluding carboxylic acids is 2. The van der Waals surface area contributed by atoms with Gasteiger partial charge in [0.1, 0.15) is 0 Å².